The zero-order valence-electron chi connectivity index (χ0n) is 10.3. The number of benzene rings is 1. The van der Waals surface area contributed by atoms with Crippen LogP contribution < -0.4 is 11.1 Å². The maximum Gasteiger partial charge on any atom is 0.242 e. The van der Waals surface area contributed by atoms with Crippen molar-refractivity contribution in [3.05, 3.63) is 29.6 Å². The Hall–Kier alpha value is -1.54. The van der Waals surface area contributed by atoms with Gasteiger partial charge in [-0.15, -0.1) is 0 Å². The number of carbonyl (C=O) groups is 1. The van der Waals surface area contributed by atoms with Crippen LogP contribution in [0.1, 0.15) is 12.5 Å². The maximum absolute atomic E-state index is 13.5. The lowest BCUT2D eigenvalue weighted by atomic mass is 10.1. The van der Waals surface area contributed by atoms with Crippen LogP contribution in [0.4, 0.5) is 10.1 Å². The van der Waals surface area contributed by atoms with Crippen molar-refractivity contribution in [1.29, 1.82) is 0 Å². The molecule has 1 unspecified atom stereocenters. The third-order valence-corrected chi connectivity index (χ3v) is 4.23. The molecule has 0 saturated carbocycles. The molecule has 1 amide bonds. The van der Waals surface area contributed by atoms with Crippen molar-refractivity contribution < 1.29 is 17.6 Å². The number of anilines is 1. The summed E-state index contributed by atoms with van der Waals surface area (Å²) in [4.78, 5) is 11.5. The highest BCUT2D eigenvalue weighted by Crippen LogP contribution is 2.19. The normalized spacial score (nSPS) is 12.8. The second-order valence-corrected chi connectivity index (χ2v) is 6.79. The van der Waals surface area contributed by atoms with Crippen LogP contribution in [0.2, 0.25) is 0 Å². The quantitative estimate of drug-likeness (QED) is 0.804. The predicted molar refractivity (Wildman–Crippen MR) is 75.2 cm³/mol. The molecule has 5 nitrogen and oxygen atoms in total. The lowest BCUT2D eigenvalue weighted by molar-refractivity contribution is -0.115. The molecule has 0 aliphatic carbocycles. The van der Waals surface area contributed by atoms with Crippen molar-refractivity contribution >= 4 is 38.6 Å². The van der Waals surface area contributed by atoms with Gasteiger partial charge in [0.15, 0.2) is 9.84 Å². The second kappa shape index (κ2) is 5.62. The number of carbonyl (C=O) groups excluding carboxylic acids is 1. The van der Waals surface area contributed by atoms with Crippen LogP contribution in [0, 0.1) is 5.82 Å². The Bertz CT molecular complexity index is 629. The molecule has 1 atom stereocenters. The Kier molecular flexibility index (Phi) is 4.59. The monoisotopic (exact) mass is 304 g/mol. The molecule has 0 aliphatic heterocycles. The number of thiocarbonyl (C=S) groups is 1. The smallest absolute Gasteiger partial charge is 0.242 e. The summed E-state index contributed by atoms with van der Waals surface area (Å²) in [5.41, 5.74) is 5.31. The van der Waals surface area contributed by atoms with E-state index in [9.17, 15) is 17.6 Å². The molecule has 1 aromatic carbocycles. The molecule has 3 N–H and O–H groups in total. The van der Waals surface area contributed by atoms with Gasteiger partial charge in [0.2, 0.25) is 5.91 Å². The van der Waals surface area contributed by atoms with Gasteiger partial charge in [-0.05, 0) is 19.1 Å². The third kappa shape index (κ3) is 3.71. The molecule has 1 rings (SSSR count). The molecule has 0 aliphatic rings. The molecular formula is C11H13FN2O3S2. The molecule has 0 bridgehead atoms. The average Bonchev–Trinajstić information content (AvgIpc) is 2.26. The highest BCUT2D eigenvalue weighted by atomic mass is 32.2. The summed E-state index contributed by atoms with van der Waals surface area (Å²) in [6.07, 6.45) is 0.942. The topological polar surface area (TPSA) is 89.3 Å². The molecule has 0 heterocycles. The van der Waals surface area contributed by atoms with Gasteiger partial charge in [-0.2, -0.15) is 0 Å². The molecule has 8 heteroatoms. The van der Waals surface area contributed by atoms with Crippen molar-refractivity contribution in [2.24, 2.45) is 5.73 Å². The van der Waals surface area contributed by atoms with Crippen LogP contribution in [-0.2, 0) is 14.6 Å². The van der Waals surface area contributed by atoms with Gasteiger partial charge in [0.05, 0.1) is 11.3 Å². The van der Waals surface area contributed by atoms with Crippen molar-refractivity contribution in [3.63, 3.8) is 0 Å². The van der Waals surface area contributed by atoms with E-state index in [4.69, 9.17) is 18.0 Å². The van der Waals surface area contributed by atoms with Crippen molar-refractivity contribution in [3.8, 4) is 0 Å². The van der Waals surface area contributed by atoms with E-state index >= 15 is 0 Å². The fraction of sp³-hybridized carbons (Fsp3) is 0.273. The SMILES string of the molecule is CC(C(=O)Nc1cccc(F)c1C(N)=S)S(C)(=O)=O. The molecule has 1 aromatic rings. The van der Waals surface area contributed by atoms with Gasteiger partial charge in [0.25, 0.3) is 0 Å². The maximum atomic E-state index is 13.5. The van der Waals surface area contributed by atoms with E-state index < -0.39 is 26.8 Å². The third-order valence-electron chi connectivity index (χ3n) is 2.53. The van der Waals surface area contributed by atoms with Gasteiger partial charge in [-0.1, -0.05) is 18.3 Å². The van der Waals surface area contributed by atoms with Crippen LogP contribution in [0.15, 0.2) is 18.2 Å². The van der Waals surface area contributed by atoms with E-state index in [1.54, 1.807) is 0 Å². The Balaban J connectivity index is 3.11. The first-order valence-electron chi connectivity index (χ1n) is 5.22. The van der Waals surface area contributed by atoms with E-state index in [1.807, 2.05) is 0 Å². The molecule has 104 valence electrons. The molecular weight excluding hydrogens is 291 g/mol. The first-order chi connectivity index (χ1) is 8.64. The number of rotatable bonds is 4. The highest BCUT2D eigenvalue weighted by Gasteiger charge is 2.24. The van der Waals surface area contributed by atoms with E-state index in [0.29, 0.717) is 0 Å². The zero-order valence-corrected chi connectivity index (χ0v) is 11.9. The van der Waals surface area contributed by atoms with Crippen molar-refractivity contribution in [2.75, 3.05) is 11.6 Å². The van der Waals surface area contributed by atoms with Crippen LogP contribution in [-0.4, -0.2) is 30.8 Å². The van der Waals surface area contributed by atoms with E-state index in [-0.39, 0.29) is 16.2 Å². The van der Waals surface area contributed by atoms with Crippen LogP contribution in [0.25, 0.3) is 0 Å². The lowest BCUT2D eigenvalue weighted by Gasteiger charge is -2.13. The number of amides is 1. The molecule has 0 saturated heterocycles. The van der Waals surface area contributed by atoms with Crippen LogP contribution in [0.5, 0.6) is 0 Å². The molecule has 0 fully saturated rings. The summed E-state index contributed by atoms with van der Waals surface area (Å²) >= 11 is 4.70. The van der Waals surface area contributed by atoms with Gasteiger partial charge >= 0.3 is 0 Å². The predicted octanol–water partition coefficient (Wildman–Crippen LogP) is 0.832. The standard InChI is InChI=1S/C11H13FN2O3S2/c1-6(19(2,16)17)11(15)14-8-5-3-4-7(12)9(8)10(13)18/h3-6H,1-2H3,(H2,13,18)(H,14,15). The lowest BCUT2D eigenvalue weighted by Crippen LogP contribution is -2.32. The first-order valence-corrected chi connectivity index (χ1v) is 7.59. The van der Waals surface area contributed by atoms with Gasteiger partial charge in [-0.25, -0.2) is 12.8 Å². The Morgan fingerprint density at radius 1 is 1.47 bits per heavy atom. The number of sulfone groups is 1. The Labute approximate surface area is 115 Å². The minimum atomic E-state index is -3.54. The van der Waals surface area contributed by atoms with E-state index in [1.165, 1.54) is 19.1 Å². The Morgan fingerprint density at radius 2 is 2.05 bits per heavy atom. The van der Waals surface area contributed by atoms with Crippen molar-refractivity contribution in [1.82, 2.24) is 0 Å². The minimum Gasteiger partial charge on any atom is -0.389 e. The zero-order chi connectivity index (χ0) is 14.8. The second-order valence-electron chi connectivity index (χ2n) is 3.99. The number of hydrogen-bond donors (Lipinski definition) is 2. The summed E-state index contributed by atoms with van der Waals surface area (Å²) in [5.74, 6) is -1.46. The number of halogens is 1. The molecule has 0 radical (unpaired) electrons. The Morgan fingerprint density at radius 3 is 2.53 bits per heavy atom. The molecule has 19 heavy (non-hydrogen) atoms. The minimum absolute atomic E-state index is 0.0491. The number of hydrogen-bond acceptors (Lipinski definition) is 4. The van der Waals surface area contributed by atoms with Crippen LogP contribution >= 0.6 is 12.2 Å². The average molecular weight is 304 g/mol. The van der Waals surface area contributed by atoms with Gasteiger partial charge in [0, 0.05) is 6.26 Å². The molecule has 0 aromatic heterocycles. The largest absolute Gasteiger partial charge is 0.389 e. The number of nitrogens with one attached hydrogen (secondary N) is 1. The number of nitrogens with two attached hydrogens (primary N) is 1. The van der Waals surface area contributed by atoms with Crippen molar-refractivity contribution in [2.45, 2.75) is 12.2 Å². The molecule has 0 spiro atoms. The fourth-order valence-corrected chi connectivity index (χ4v) is 1.96. The van der Waals surface area contributed by atoms with Gasteiger partial charge < -0.3 is 11.1 Å². The summed E-state index contributed by atoms with van der Waals surface area (Å²) < 4.78 is 36.1. The summed E-state index contributed by atoms with van der Waals surface area (Å²) in [7, 11) is -3.54. The summed E-state index contributed by atoms with van der Waals surface area (Å²) in [6, 6.07) is 3.90. The fourth-order valence-electron chi connectivity index (χ4n) is 1.31. The highest BCUT2D eigenvalue weighted by molar-refractivity contribution is 7.92. The first kappa shape index (κ1) is 15.5. The summed E-state index contributed by atoms with van der Waals surface area (Å²) in [6.45, 7) is 1.24. The van der Waals surface area contributed by atoms with Crippen LogP contribution in [0.3, 0.4) is 0 Å². The van der Waals surface area contributed by atoms with E-state index in [0.717, 1.165) is 12.3 Å². The van der Waals surface area contributed by atoms with Gasteiger partial charge in [-0.3, -0.25) is 4.79 Å². The van der Waals surface area contributed by atoms with E-state index in [2.05, 4.69) is 5.32 Å². The summed E-state index contributed by atoms with van der Waals surface area (Å²) in [5, 5.41) is 1.06. The van der Waals surface area contributed by atoms with Gasteiger partial charge in [0.1, 0.15) is 16.1 Å².